The number of amides is 1. The van der Waals surface area contributed by atoms with Gasteiger partial charge in [-0.2, -0.15) is 0 Å². The fraction of sp³-hybridized carbons (Fsp3) is 0.417. The van der Waals surface area contributed by atoms with Crippen molar-refractivity contribution in [2.45, 2.75) is 19.4 Å². The lowest BCUT2D eigenvalue weighted by molar-refractivity contribution is -0.125. The third-order valence-corrected chi connectivity index (χ3v) is 3.48. The van der Waals surface area contributed by atoms with Gasteiger partial charge in [0.2, 0.25) is 5.91 Å². The second kappa shape index (κ2) is 5.82. The zero-order valence-electron chi connectivity index (χ0n) is 9.64. The number of aryl methyl sites for hydroxylation is 1. The summed E-state index contributed by atoms with van der Waals surface area (Å²) in [5, 5.41) is 9.88. The third-order valence-electron chi connectivity index (χ3n) is 2.38. The summed E-state index contributed by atoms with van der Waals surface area (Å²) in [4.78, 5) is 14.9. The predicted molar refractivity (Wildman–Crippen MR) is 66.5 cm³/mol. The van der Waals surface area contributed by atoms with E-state index >= 15 is 0 Å². The fourth-order valence-corrected chi connectivity index (χ4v) is 2.25. The molecule has 0 spiro atoms. The van der Waals surface area contributed by atoms with Crippen molar-refractivity contribution in [1.82, 2.24) is 4.90 Å². The van der Waals surface area contributed by atoms with Gasteiger partial charge in [-0.3, -0.25) is 4.79 Å². The van der Waals surface area contributed by atoms with Crippen LogP contribution in [0.3, 0.4) is 0 Å². The molecule has 1 rings (SSSR count). The third kappa shape index (κ3) is 3.47. The average molecular weight is 239 g/mol. The van der Waals surface area contributed by atoms with Crippen LogP contribution in [0, 0.1) is 6.92 Å². The van der Waals surface area contributed by atoms with Crippen LogP contribution in [0.1, 0.15) is 22.3 Å². The Morgan fingerprint density at radius 2 is 2.38 bits per heavy atom. The molecule has 0 saturated heterocycles. The Bertz CT molecular complexity index is 373. The van der Waals surface area contributed by atoms with Crippen LogP contribution in [-0.4, -0.2) is 29.5 Å². The zero-order chi connectivity index (χ0) is 12.1. The van der Waals surface area contributed by atoms with Crippen molar-refractivity contribution >= 4 is 17.2 Å². The van der Waals surface area contributed by atoms with Gasteiger partial charge in [0.1, 0.15) is 0 Å². The maximum absolute atomic E-state index is 11.2. The molecule has 1 aromatic rings. The van der Waals surface area contributed by atoms with Crippen molar-refractivity contribution in [2.24, 2.45) is 0 Å². The normalized spacial score (nSPS) is 12.2. The summed E-state index contributed by atoms with van der Waals surface area (Å²) in [7, 11) is 1.70. The second-order valence-corrected chi connectivity index (χ2v) is 5.04. The average Bonchev–Trinajstić information content (AvgIpc) is 2.71. The first-order valence-electron chi connectivity index (χ1n) is 5.16. The summed E-state index contributed by atoms with van der Waals surface area (Å²) in [6.07, 6.45) is 1.34. The molecule has 1 N–H and O–H groups in total. The van der Waals surface area contributed by atoms with Gasteiger partial charge in [0.05, 0.1) is 6.10 Å². The lowest BCUT2D eigenvalue weighted by Crippen LogP contribution is -2.26. The molecule has 16 heavy (non-hydrogen) atoms. The van der Waals surface area contributed by atoms with Gasteiger partial charge >= 0.3 is 0 Å². The van der Waals surface area contributed by atoms with Crippen LogP contribution in [0.2, 0.25) is 0 Å². The van der Waals surface area contributed by atoms with Gasteiger partial charge in [0.25, 0.3) is 0 Å². The number of carbonyl (C=O) groups is 1. The maximum atomic E-state index is 11.2. The van der Waals surface area contributed by atoms with Crippen LogP contribution in [-0.2, 0) is 4.79 Å². The predicted octanol–water partition coefficient (Wildman–Crippen LogP) is 2.12. The molecule has 4 heteroatoms. The van der Waals surface area contributed by atoms with E-state index in [2.05, 4.69) is 6.58 Å². The first-order valence-corrected chi connectivity index (χ1v) is 5.98. The van der Waals surface area contributed by atoms with Gasteiger partial charge in [0.15, 0.2) is 0 Å². The maximum Gasteiger partial charge on any atom is 0.245 e. The topological polar surface area (TPSA) is 40.5 Å². The number of carbonyl (C=O) groups excluding carboxylic acids is 1. The molecule has 0 aliphatic carbocycles. The number of aliphatic hydroxyl groups is 1. The molecule has 0 saturated carbocycles. The van der Waals surface area contributed by atoms with E-state index in [0.717, 1.165) is 4.88 Å². The Morgan fingerprint density at radius 3 is 2.88 bits per heavy atom. The minimum absolute atomic E-state index is 0.116. The van der Waals surface area contributed by atoms with Crippen LogP contribution in [0.25, 0.3) is 0 Å². The molecule has 0 aromatic carbocycles. The van der Waals surface area contributed by atoms with Crippen molar-refractivity contribution in [3.05, 3.63) is 34.5 Å². The van der Waals surface area contributed by atoms with Gasteiger partial charge in [-0.25, -0.2) is 0 Å². The highest BCUT2D eigenvalue weighted by Gasteiger charge is 2.12. The lowest BCUT2D eigenvalue weighted by Gasteiger charge is -2.16. The fourth-order valence-electron chi connectivity index (χ4n) is 1.36. The highest BCUT2D eigenvalue weighted by atomic mass is 32.1. The molecular weight excluding hydrogens is 222 g/mol. The Hall–Kier alpha value is -1.13. The summed E-state index contributed by atoms with van der Waals surface area (Å²) < 4.78 is 0. The molecule has 3 nitrogen and oxygen atoms in total. The Labute approximate surface area is 100 Å². The van der Waals surface area contributed by atoms with Crippen molar-refractivity contribution in [3.63, 3.8) is 0 Å². The van der Waals surface area contributed by atoms with Gasteiger partial charge < -0.3 is 10.0 Å². The van der Waals surface area contributed by atoms with Crippen LogP contribution in [0.4, 0.5) is 0 Å². The molecule has 88 valence electrons. The van der Waals surface area contributed by atoms with Crippen molar-refractivity contribution in [2.75, 3.05) is 13.6 Å². The van der Waals surface area contributed by atoms with Gasteiger partial charge in [-0.15, -0.1) is 11.3 Å². The Morgan fingerprint density at radius 1 is 1.69 bits per heavy atom. The van der Waals surface area contributed by atoms with E-state index in [9.17, 15) is 9.90 Å². The summed E-state index contributed by atoms with van der Waals surface area (Å²) in [6.45, 7) is 5.96. The summed E-state index contributed by atoms with van der Waals surface area (Å²) in [5.41, 5.74) is 0. The van der Waals surface area contributed by atoms with E-state index in [0.29, 0.717) is 13.0 Å². The smallest absolute Gasteiger partial charge is 0.245 e. The monoisotopic (exact) mass is 239 g/mol. The SMILES string of the molecule is C=CC(=O)N(C)CCC(O)c1ccc(C)s1. The van der Waals surface area contributed by atoms with E-state index in [1.54, 1.807) is 23.3 Å². The van der Waals surface area contributed by atoms with Gasteiger partial charge in [0, 0.05) is 23.3 Å². The number of thiophene rings is 1. The van der Waals surface area contributed by atoms with Crippen molar-refractivity contribution in [1.29, 1.82) is 0 Å². The minimum Gasteiger partial charge on any atom is -0.388 e. The molecule has 0 aliphatic heterocycles. The molecule has 0 fully saturated rings. The molecule has 1 heterocycles. The minimum atomic E-state index is -0.487. The lowest BCUT2D eigenvalue weighted by atomic mass is 10.2. The molecular formula is C12H17NO2S. The largest absolute Gasteiger partial charge is 0.388 e. The Kier molecular flexibility index (Phi) is 4.71. The molecule has 0 bridgehead atoms. The number of nitrogens with zero attached hydrogens (tertiary/aromatic N) is 1. The molecule has 0 radical (unpaired) electrons. The summed E-state index contributed by atoms with van der Waals surface area (Å²) in [6, 6.07) is 3.92. The van der Waals surface area contributed by atoms with Crippen LogP contribution in [0.5, 0.6) is 0 Å². The first kappa shape index (κ1) is 12.9. The molecule has 0 aliphatic rings. The number of hydrogen-bond donors (Lipinski definition) is 1. The number of aliphatic hydroxyl groups excluding tert-OH is 1. The number of rotatable bonds is 5. The first-order chi connectivity index (χ1) is 7.54. The molecule has 1 aromatic heterocycles. The van der Waals surface area contributed by atoms with E-state index in [1.165, 1.54) is 11.0 Å². The highest BCUT2D eigenvalue weighted by molar-refractivity contribution is 7.12. The van der Waals surface area contributed by atoms with Crippen LogP contribution < -0.4 is 0 Å². The number of hydrogen-bond acceptors (Lipinski definition) is 3. The summed E-state index contributed by atoms with van der Waals surface area (Å²) in [5.74, 6) is -0.116. The van der Waals surface area contributed by atoms with Crippen LogP contribution >= 0.6 is 11.3 Å². The molecule has 1 atom stereocenters. The standard InChI is InChI=1S/C12H17NO2S/c1-4-12(15)13(3)8-7-10(14)11-6-5-9(2)16-11/h4-6,10,14H,1,7-8H2,2-3H3. The zero-order valence-corrected chi connectivity index (χ0v) is 10.5. The van der Waals surface area contributed by atoms with Gasteiger partial charge in [-0.1, -0.05) is 6.58 Å². The van der Waals surface area contributed by atoms with E-state index in [1.807, 2.05) is 19.1 Å². The molecule has 1 unspecified atom stereocenters. The van der Waals surface area contributed by atoms with E-state index in [4.69, 9.17) is 0 Å². The Balaban J connectivity index is 2.44. The summed E-state index contributed by atoms with van der Waals surface area (Å²) >= 11 is 1.59. The number of likely N-dealkylation sites (N-methyl/N-ethyl adjacent to an activating group) is 1. The second-order valence-electron chi connectivity index (χ2n) is 3.72. The van der Waals surface area contributed by atoms with E-state index < -0.39 is 6.10 Å². The van der Waals surface area contributed by atoms with Crippen LogP contribution in [0.15, 0.2) is 24.8 Å². The highest BCUT2D eigenvalue weighted by Crippen LogP contribution is 2.24. The quantitative estimate of drug-likeness (QED) is 0.800. The van der Waals surface area contributed by atoms with Crippen molar-refractivity contribution in [3.8, 4) is 0 Å². The molecule has 1 amide bonds. The van der Waals surface area contributed by atoms with Crippen molar-refractivity contribution < 1.29 is 9.90 Å². The van der Waals surface area contributed by atoms with Gasteiger partial charge in [-0.05, 0) is 31.6 Å². The van der Waals surface area contributed by atoms with E-state index in [-0.39, 0.29) is 5.91 Å².